The zero-order valence-corrected chi connectivity index (χ0v) is 15.7. The lowest BCUT2D eigenvalue weighted by Crippen LogP contribution is -2.41. The maximum atomic E-state index is 14.4. The van der Waals surface area contributed by atoms with Crippen molar-refractivity contribution in [2.75, 3.05) is 0 Å². The van der Waals surface area contributed by atoms with Crippen LogP contribution in [0.3, 0.4) is 0 Å². The second-order valence-corrected chi connectivity index (χ2v) is 7.06. The first-order chi connectivity index (χ1) is 12.7. The predicted molar refractivity (Wildman–Crippen MR) is 97.3 cm³/mol. The molecule has 1 aromatic heterocycles. The van der Waals surface area contributed by atoms with Gasteiger partial charge in [0.2, 0.25) is 5.95 Å². The highest BCUT2D eigenvalue weighted by Gasteiger charge is 2.41. The first-order valence-corrected chi connectivity index (χ1v) is 8.88. The Kier molecular flexibility index (Phi) is 5.33. The van der Waals surface area contributed by atoms with E-state index in [2.05, 4.69) is 11.7 Å². The minimum absolute atomic E-state index is 0.137. The molecular weight excluding hydrogens is 379 g/mol. The van der Waals surface area contributed by atoms with Gasteiger partial charge in [0.25, 0.3) is 12.3 Å². The van der Waals surface area contributed by atoms with Gasteiger partial charge in [-0.15, -0.1) is 0 Å². The summed E-state index contributed by atoms with van der Waals surface area (Å²) in [5.74, 6) is -1.86. The molecule has 1 fully saturated rings. The van der Waals surface area contributed by atoms with Crippen LogP contribution < -0.4 is 0 Å². The highest BCUT2D eigenvalue weighted by Crippen LogP contribution is 2.36. The van der Waals surface area contributed by atoms with Crippen LogP contribution in [0.15, 0.2) is 30.8 Å². The lowest BCUT2D eigenvalue weighted by molar-refractivity contribution is 0.0698. The summed E-state index contributed by atoms with van der Waals surface area (Å²) in [5.41, 5.74) is -0.119. The Bertz CT molecular complexity index is 875. The van der Waals surface area contributed by atoms with Crippen LogP contribution in [0.5, 0.6) is 0 Å². The van der Waals surface area contributed by atoms with Crippen LogP contribution in [0, 0.1) is 5.95 Å². The van der Waals surface area contributed by atoms with E-state index in [9.17, 15) is 18.0 Å². The molecule has 2 aromatic rings. The molecule has 3 rings (SSSR count). The van der Waals surface area contributed by atoms with Gasteiger partial charge in [-0.05, 0) is 43.0 Å². The second kappa shape index (κ2) is 7.38. The Morgan fingerprint density at radius 2 is 1.93 bits per heavy atom. The van der Waals surface area contributed by atoms with E-state index in [1.165, 1.54) is 11.9 Å². The van der Waals surface area contributed by atoms with E-state index >= 15 is 0 Å². The van der Waals surface area contributed by atoms with Crippen LogP contribution in [0.2, 0.25) is 5.02 Å². The van der Waals surface area contributed by atoms with Crippen molar-refractivity contribution in [3.63, 3.8) is 0 Å². The Balaban J connectivity index is 1.95. The molecule has 1 aliphatic rings. The zero-order valence-electron chi connectivity index (χ0n) is 14.9. The maximum Gasteiger partial charge on any atom is 0.283 e. The molecule has 0 radical (unpaired) electrons. The van der Waals surface area contributed by atoms with Crippen LogP contribution in [-0.4, -0.2) is 32.7 Å². The molecule has 1 amide bonds. The first-order valence-electron chi connectivity index (χ1n) is 8.50. The summed E-state index contributed by atoms with van der Waals surface area (Å²) in [6.07, 6.45) is -1.58. The second-order valence-electron chi connectivity index (χ2n) is 6.63. The normalized spacial score (nSPS) is 15.1. The molecule has 1 atom stereocenters. The van der Waals surface area contributed by atoms with Gasteiger partial charge in [0.05, 0.1) is 6.04 Å². The maximum absolute atomic E-state index is 14.4. The highest BCUT2D eigenvalue weighted by atomic mass is 35.5. The number of carbonyl (C=O) groups is 1. The van der Waals surface area contributed by atoms with Crippen molar-refractivity contribution < 1.29 is 18.0 Å². The number of hydrogen-bond acceptors (Lipinski definition) is 2. The third kappa shape index (κ3) is 3.74. The van der Waals surface area contributed by atoms with Crippen molar-refractivity contribution in [2.45, 2.75) is 38.3 Å². The van der Waals surface area contributed by atoms with E-state index in [-0.39, 0.29) is 6.04 Å². The molecule has 1 saturated carbocycles. The predicted octanol–water partition coefficient (Wildman–Crippen LogP) is 4.86. The monoisotopic (exact) mass is 397 g/mol. The van der Waals surface area contributed by atoms with E-state index in [1.807, 2.05) is 0 Å². The van der Waals surface area contributed by atoms with Crippen LogP contribution in [0.25, 0.3) is 5.57 Å². The SMILES string of the molecule is C=C(c1ccc(Cl)cc1)C(C)N(C(=O)c1c(C(F)F)nn(C)c1F)C1CC1. The number of benzene rings is 1. The molecule has 0 bridgehead atoms. The quantitative estimate of drug-likeness (QED) is 0.698. The van der Waals surface area contributed by atoms with Crippen molar-refractivity contribution in [3.8, 4) is 0 Å². The first kappa shape index (κ1) is 19.5. The lowest BCUT2D eigenvalue weighted by atomic mass is 9.99. The summed E-state index contributed by atoms with van der Waals surface area (Å²) in [6.45, 7) is 5.80. The van der Waals surface area contributed by atoms with E-state index in [4.69, 9.17) is 11.6 Å². The molecule has 27 heavy (non-hydrogen) atoms. The minimum atomic E-state index is -3.05. The zero-order chi connectivity index (χ0) is 19.9. The minimum Gasteiger partial charge on any atom is -0.329 e. The third-order valence-corrected chi connectivity index (χ3v) is 4.99. The summed E-state index contributed by atoms with van der Waals surface area (Å²) in [4.78, 5) is 14.5. The third-order valence-electron chi connectivity index (χ3n) is 4.74. The molecule has 8 heteroatoms. The van der Waals surface area contributed by atoms with Crippen molar-refractivity contribution in [3.05, 3.63) is 58.6 Å². The van der Waals surface area contributed by atoms with Gasteiger partial charge >= 0.3 is 0 Å². The number of aromatic nitrogens is 2. The molecule has 0 N–H and O–H groups in total. The molecule has 144 valence electrons. The van der Waals surface area contributed by atoms with Crippen LogP contribution in [0.4, 0.5) is 13.2 Å². The van der Waals surface area contributed by atoms with Crippen LogP contribution in [0.1, 0.15) is 47.8 Å². The summed E-state index contributed by atoms with van der Waals surface area (Å²) >= 11 is 5.90. The molecule has 0 spiro atoms. The number of carbonyl (C=O) groups excluding carboxylic acids is 1. The molecule has 1 aromatic carbocycles. The van der Waals surface area contributed by atoms with Crippen molar-refractivity contribution >= 4 is 23.1 Å². The fraction of sp³-hybridized carbons (Fsp3) is 0.368. The number of amides is 1. The summed E-state index contributed by atoms with van der Waals surface area (Å²) in [6, 6.07) is 6.30. The summed E-state index contributed by atoms with van der Waals surface area (Å²) < 4.78 is 41.6. The standard InChI is InChI=1S/C19H19ClF3N3O/c1-10(12-4-6-13(20)7-5-12)11(2)26(14-8-9-14)19(27)15-16(17(21)22)24-25(3)18(15)23/h4-7,11,14,17H,1,8-9H2,2-3H3. The number of halogens is 4. The van der Waals surface area contributed by atoms with Gasteiger partial charge in [0.1, 0.15) is 11.3 Å². The van der Waals surface area contributed by atoms with Gasteiger partial charge in [-0.1, -0.05) is 30.3 Å². The average molecular weight is 398 g/mol. The Hall–Kier alpha value is -2.28. The Morgan fingerprint density at radius 3 is 2.44 bits per heavy atom. The van der Waals surface area contributed by atoms with Gasteiger partial charge in [0, 0.05) is 18.1 Å². The number of aryl methyl sites for hydroxylation is 1. The molecule has 0 aliphatic heterocycles. The van der Waals surface area contributed by atoms with Gasteiger partial charge in [-0.2, -0.15) is 9.49 Å². The van der Waals surface area contributed by atoms with Gasteiger partial charge in [-0.25, -0.2) is 13.5 Å². The fourth-order valence-electron chi connectivity index (χ4n) is 3.09. The molecule has 1 aliphatic carbocycles. The van der Waals surface area contributed by atoms with Gasteiger partial charge in [-0.3, -0.25) is 4.79 Å². The molecule has 1 heterocycles. The van der Waals surface area contributed by atoms with Crippen molar-refractivity contribution in [2.24, 2.45) is 7.05 Å². The topological polar surface area (TPSA) is 38.1 Å². The molecular formula is C19H19ClF3N3O. The summed E-state index contributed by atoms with van der Waals surface area (Å²) in [7, 11) is 1.19. The van der Waals surface area contributed by atoms with Crippen LogP contribution >= 0.6 is 11.6 Å². The number of hydrogen-bond donors (Lipinski definition) is 0. The molecule has 0 saturated heterocycles. The van der Waals surface area contributed by atoms with E-state index in [1.54, 1.807) is 31.2 Å². The number of alkyl halides is 2. The molecule has 1 unspecified atom stereocenters. The Morgan fingerprint density at radius 1 is 1.33 bits per heavy atom. The lowest BCUT2D eigenvalue weighted by Gasteiger charge is -2.31. The summed E-state index contributed by atoms with van der Waals surface area (Å²) in [5, 5.41) is 4.04. The Labute approximate surface area is 160 Å². The van der Waals surface area contributed by atoms with Gasteiger partial charge < -0.3 is 4.90 Å². The smallest absolute Gasteiger partial charge is 0.283 e. The highest BCUT2D eigenvalue weighted by molar-refractivity contribution is 6.30. The van der Waals surface area contributed by atoms with E-state index in [0.29, 0.717) is 15.3 Å². The molecule has 4 nitrogen and oxygen atoms in total. The van der Waals surface area contributed by atoms with E-state index in [0.717, 1.165) is 18.4 Å². The van der Waals surface area contributed by atoms with Crippen molar-refractivity contribution in [1.82, 2.24) is 14.7 Å². The van der Waals surface area contributed by atoms with Crippen molar-refractivity contribution in [1.29, 1.82) is 0 Å². The fourth-order valence-corrected chi connectivity index (χ4v) is 3.21. The largest absolute Gasteiger partial charge is 0.329 e. The van der Waals surface area contributed by atoms with E-state index < -0.39 is 35.6 Å². The average Bonchev–Trinajstić information content (AvgIpc) is 3.40. The number of rotatable bonds is 6. The van der Waals surface area contributed by atoms with Crippen LogP contribution in [-0.2, 0) is 7.05 Å². The van der Waals surface area contributed by atoms with Gasteiger partial charge in [0.15, 0.2) is 0 Å². The number of nitrogens with zero attached hydrogens (tertiary/aromatic N) is 3.